The number of esters is 1. The minimum atomic E-state index is -1.55. The van der Waals surface area contributed by atoms with Gasteiger partial charge in [0, 0.05) is 13.0 Å². The number of aliphatic hydroxyl groups is 4. The topological polar surface area (TPSA) is 135 Å². The highest BCUT2D eigenvalue weighted by molar-refractivity contribution is 5.69. The van der Waals surface area contributed by atoms with Crippen molar-refractivity contribution in [3.8, 4) is 0 Å². The summed E-state index contributed by atoms with van der Waals surface area (Å²) < 4.78 is 22.9. The van der Waals surface area contributed by atoms with Crippen LogP contribution in [-0.4, -0.2) is 89.6 Å². The highest BCUT2D eigenvalue weighted by Gasteiger charge is 2.44. The molecule has 0 spiro atoms. The largest absolute Gasteiger partial charge is 0.457 e. The summed E-state index contributed by atoms with van der Waals surface area (Å²) >= 11 is 0. The van der Waals surface area contributed by atoms with E-state index < -0.39 is 43.4 Å². The molecule has 0 bridgehead atoms. The molecule has 0 saturated carbocycles. The minimum Gasteiger partial charge on any atom is -0.457 e. The van der Waals surface area contributed by atoms with Crippen LogP contribution < -0.4 is 0 Å². The van der Waals surface area contributed by atoms with E-state index >= 15 is 0 Å². The Balaban J connectivity index is 2.24. The number of hydrogen-bond donors (Lipinski definition) is 4. The van der Waals surface area contributed by atoms with Gasteiger partial charge < -0.3 is 39.4 Å². The van der Waals surface area contributed by atoms with Gasteiger partial charge in [-0.2, -0.15) is 0 Å². The average Bonchev–Trinajstić information content (AvgIpc) is 3.34. The molecule has 68 heavy (non-hydrogen) atoms. The van der Waals surface area contributed by atoms with Crippen LogP contribution >= 0.6 is 0 Å². The molecule has 1 aliphatic heterocycles. The van der Waals surface area contributed by atoms with E-state index in [0.717, 1.165) is 128 Å². The molecule has 0 amide bonds. The first kappa shape index (κ1) is 62.6. The first-order chi connectivity index (χ1) is 33.4. The summed E-state index contributed by atoms with van der Waals surface area (Å²) in [5, 5.41) is 40.3. The van der Waals surface area contributed by atoms with E-state index in [1.54, 1.807) is 0 Å². The van der Waals surface area contributed by atoms with E-state index in [4.69, 9.17) is 18.9 Å². The monoisotopic (exact) mass is 949 g/mol. The Kier molecular flexibility index (Phi) is 44.8. The van der Waals surface area contributed by atoms with E-state index in [9.17, 15) is 25.2 Å². The van der Waals surface area contributed by atoms with Crippen LogP contribution in [-0.2, 0) is 23.7 Å². The normalized spacial score (nSPS) is 20.1. The lowest BCUT2D eigenvalue weighted by atomic mass is 9.99. The summed E-state index contributed by atoms with van der Waals surface area (Å²) in [7, 11) is 0. The van der Waals surface area contributed by atoms with Crippen LogP contribution in [0.4, 0.5) is 0 Å². The third-order valence-electron chi connectivity index (χ3n) is 11.4. The average molecular weight is 949 g/mol. The molecule has 1 aliphatic rings. The van der Waals surface area contributed by atoms with Crippen LogP contribution in [0.25, 0.3) is 0 Å². The summed E-state index contributed by atoms with van der Waals surface area (Å²) in [6.45, 7) is 4.27. The Hall–Kier alpha value is -3.41. The van der Waals surface area contributed by atoms with Gasteiger partial charge in [0.05, 0.1) is 19.8 Å². The summed E-state index contributed by atoms with van der Waals surface area (Å²) in [6.07, 6.45) is 63.7. The molecule has 9 heteroatoms. The number of unbranched alkanes of at least 4 members (excludes halogenated alkanes) is 13. The number of carbonyl (C=O) groups is 1. The number of rotatable bonds is 44. The highest BCUT2D eigenvalue weighted by atomic mass is 16.7. The van der Waals surface area contributed by atoms with Crippen molar-refractivity contribution in [3.63, 3.8) is 0 Å². The third kappa shape index (κ3) is 38.4. The zero-order valence-electron chi connectivity index (χ0n) is 42.6. The van der Waals surface area contributed by atoms with E-state index in [2.05, 4.69) is 135 Å². The second-order valence-electron chi connectivity index (χ2n) is 17.6. The third-order valence-corrected chi connectivity index (χ3v) is 11.4. The van der Waals surface area contributed by atoms with E-state index in [0.29, 0.717) is 13.0 Å². The molecular formula is C59H96O9. The fourth-order valence-electron chi connectivity index (χ4n) is 7.31. The first-order valence-electron chi connectivity index (χ1n) is 26.6. The van der Waals surface area contributed by atoms with E-state index in [-0.39, 0.29) is 19.2 Å². The Morgan fingerprint density at radius 1 is 0.471 bits per heavy atom. The van der Waals surface area contributed by atoms with E-state index in [1.165, 1.54) is 32.1 Å². The van der Waals surface area contributed by atoms with Crippen LogP contribution in [0, 0.1) is 0 Å². The van der Waals surface area contributed by atoms with Crippen molar-refractivity contribution in [3.05, 3.63) is 122 Å². The Bertz CT molecular complexity index is 1450. The van der Waals surface area contributed by atoms with Gasteiger partial charge in [0.1, 0.15) is 30.5 Å². The summed E-state index contributed by atoms with van der Waals surface area (Å²) in [5.74, 6) is -0.337. The summed E-state index contributed by atoms with van der Waals surface area (Å²) in [4.78, 5) is 12.9. The molecule has 0 radical (unpaired) electrons. The van der Waals surface area contributed by atoms with Crippen LogP contribution in [0.5, 0.6) is 0 Å². The fraction of sp³-hybridized carbons (Fsp3) is 0.644. The predicted molar refractivity (Wildman–Crippen MR) is 283 cm³/mol. The van der Waals surface area contributed by atoms with Crippen molar-refractivity contribution in [2.24, 2.45) is 0 Å². The molecule has 9 nitrogen and oxygen atoms in total. The molecule has 1 rings (SSSR count). The maximum Gasteiger partial charge on any atom is 0.306 e. The number of carbonyl (C=O) groups excluding carboxylic acids is 1. The lowest BCUT2D eigenvalue weighted by molar-refractivity contribution is -0.305. The van der Waals surface area contributed by atoms with Gasteiger partial charge in [-0.15, -0.1) is 0 Å². The Morgan fingerprint density at radius 3 is 1.28 bits per heavy atom. The van der Waals surface area contributed by atoms with Gasteiger partial charge in [0.2, 0.25) is 0 Å². The van der Waals surface area contributed by atoms with Gasteiger partial charge >= 0.3 is 5.97 Å². The van der Waals surface area contributed by atoms with Crippen molar-refractivity contribution < 1.29 is 44.2 Å². The number of ether oxygens (including phenoxy) is 4. The maximum atomic E-state index is 12.9. The Labute approximate surface area is 414 Å². The molecule has 386 valence electrons. The second-order valence-corrected chi connectivity index (χ2v) is 17.6. The molecule has 0 aromatic rings. The van der Waals surface area contributed by atoms with Gasteiger partial charge in [-0.05, 0) is 103 Å². The number of aliphatic hydroxyl groups excluding tert-OH is 4. The molecule has 1 saturated heterocycles. The van der Waals surface area contributed by atoms with Crippen molar-refractivity contribution in [1.82, 2.24) is 0 Å². The molecule has 0 aromatic heterocycles. The van der Waals surface area contributed by atoms with Gasteiger partial charge in [-0.3, -0.25) is 4.79 Å². The van der Waals surface area contributed by atoms with Crippen LogP contribution in [0.3, 0.4) is 0 Å². The molecular weight excluding hydrogens is 853 g/mol. The van der Waals surface area contributed by atoms with Crippen LogP contribution in [0.1, 0.15) is 181 Å². The van der Waals surface area contributed by atoms with Crippen LogP contribution in [0.15, 0.2) is 122 Å². The maximum absolute atomic E-state index is 12.9. The number of hydrogen-bond acceptors (Lipinski definition) is 9. The van der Waals surface area contributed by atoms with Crippen molar-refractivity contribution in [2.75, 3.05) is 26.4 Å². The molecule has 6 atom stereocenters. The molecule has 4 N–H and O–H groups in total. The van der Waals surface area contributed by atoms with Gasteiger partial charge in [0.15, 0.2) is 6.29 Å². The minimum absolute atomic E-state index is 0.122. The van der Waals surface area contributed by atoms with Gasteiger partial charge in [0.25, 0.3) is 0 Å². The first-order valence-corrected chi connectivity index (χ1v) is 26.6. The predicted octanol–water partition coefficient (Wildman–Crippen LogP) is 13.5. The SMILES string of the molecule is CC/C=C\C/C=C\C/C=C\C/C=C\C/C=C\C/C=C\CCCCCCCCC(=O)OC(COCCCCCCCCC/C=C\C/C=C\C/C=C\C/C=C\CC)COC1OC(CO)C(O)C(O)C1O. The van der Waals surface area contributed by atoms with Crippen LogP contribution in [0.2, 0.25) is 0 Å². The number of allylic oxidation sites excluding steroid dienone is 20. The van der Waals surface area contributed by atoms with Crippen molar-refractivity contribution >= 4 is 5.97 Å². The molecule has 1 fully saturated rings. The second kappa shape index (κ2) is 48.6. The molecule has 6 unspecified atom stereocenters. The van der Waals surface area contributed by atoms with E-state index in [1.807, 2.05) is 0 Å². The fourth-order valence-corrected chi connectivity index (χ4v) is 7.31. The molecule has 1 heterocycles. The Morgan fingerprint density at radius 2 is 0.853 bits per heavy atom. The molecule has 0 aliphatic carbocycles. The standard InChI is InChI=1S/C59H96O9/c1-3-5-7-9-11-13-15-17-19-21-23-25-26-27-28-29-30-32-34-36-38-40-42-44-46-48-55(61)67-53(52-66-59-58(64)57(63)56(62)54(50-60)68-59)51-65-49-47-45-43-41-39-37-35-33-31-24-22-20-18-16-14-12-10-8-6-4-2/h5-8,11-14,17-20,23-25,27-28,30-32,53-54,56-60,62-64H,3-4,9-10,15-16,21-22,26,29,33-52H2,1-2H3/b7-5-,8-6-,13-11-,14-12-,19-17-,20-18-,25-23-,28-27-,31-24-,32-30-. The van der Waals surface area contributed by atoms with Gasteiger partial charge in [-0.1, -0.05) is 193 Å². The lowest BCUT2D eigenvalue weighted by Crippen LogP contribution is -2.59. The molecule has 0 aromatic carbocycles. The smallest absolute Gasteiger partial charge is 0.306 e. The highest BCUT2D eigenvalue weighted by Crippen LogP contribution is 2.22. The zero-order chi connectivity index (χ0) is 49.2. The summed E-state index contributed by atoms with van der Waals surface area (Å²) in [5.41, 5.74) is 0. The summed E-state index contributed by atoms with van der Waals surface area (Å²) in [6, 6.07) is 0. The van der Waals surface area contributed by atoms with Crippen molar-refractivity contribution in [2.45, 2.75) is 218 Å². The zero-order valence-corrected chi connectivity index (χ0v) is 42.6. The van der Waals surface area contributed by atoms with Gasteiger partial charge in [-0.25, -0.2) is 0 Å². The van der Waals surface area contributed by atoms with Crippen molar-refractivity contribution in [1.29, 1.82) is 0 Å². The quantitative estimate of drug-likeness (QED) is 0.0267. The lowest BCUT2D eigenvalue weighted by Gasteiger charge is -2.39.